The third kappa shape index (κ3) is 3.07. The second-order valence-electron chi connectivity index (χ2n) is 3.67. The van der Waals surface area contributed by atoms with Gasteiger partial charge >= 0.3 is 0 Å². The van der Waals surface area contributed by atoms with Crippen molar-refractivity contribution in [2.75, 3.05) is 5.73 Å². The molecule has 0 aliphatic carbocycles. The van der Waals surface area contributed by atoms with E-state index in [1.807, 2.05) is 0 Å². The predicted octanol–water partition coefficient (Wildman–Crippen LogP) is 4.28. The lowest BCUT2D eigenvalue weighted by molar-refractivity contribution is -0.384. The second kappa shape index (κ2) is 5.34. The van der Waals surface area contributed by atoms with Crippen molar-refractivity contribution in [2.45, 2.75) is 0 Å². The topological polar surface area (TPSA) is 78.4 Å². The summed E-state index contributed by atoms with van der Waals surface area (Å²) in [4.78, 5) is 10.1. The van der Waals surface area contributed by atoms with Crippen LogP contribution in [0.5, 0.6) is 11.5 Å². The number of anilines is 1. The molecule has 7 heteroatoms. The first kappa shape index (κ1) is 13.5. The average Bonchev–Trinajstić information content (AvgIpc) is 2.33. The van der Waals surface area contributed by atoms with Crippen molar-refractivity contribution in [2.24, 2.45) is 0 Å². The zero-order valence-electron chi connectivity index (χ0n) is 9.47. The lowest BCUT2D eigenvalue weighted by atomic mass is 10.3. The minimum absolute atomic E-state index is 0.0571. The molecule has 5 nitrogen and oxygen atoms in total. The van der Waals surface area contributed by atoms with Crippen molar-refractivity contribution in [3.8, 4) is 11.5 Å². The summed E-state index contributed by atoms with van der Waals surface area (Å²) < 4.78 is 5.49. The number of rotatable bonds is 3. The van der Waals surface area contributed by atoms with Crippen molar-refractivity contribution in [1.82, 2.24) is 0 Å². The van der Waals surface area contributed by atoms with Crippen LogP contribution in [0.2, 0.25) is 10.0 Å². The summed E-state index contributed by atoms with van der Waals surface area (Å²) >= 11 is 11.8. The summed E-state index contributed by atoms with van der Waals surface area (Å²) in [6.07, 6.45) is 0. The van der Waals surface area contributed by atoms with E-state index in [0.29, 0.717) is 11.4 Å². The fraction of sp³-hybridized carbons (Fsp3) is 0. The number of hydrogen-bond donors (Lipinski definition) is 1. The van der Waals surface area contributed by atoms with Crippen LogP contribution in [0.15, 0.2) is 36.4 Å². The van der Waals surface area contributed by atoms with E-state index < -0.39 is 4.92 Å². The van der Waals surface area contributed by atoms with Gasteiger partial charge in [-0.05, 0) is 12.1 Å². The van der Waals surface area contributed by atoms with Gasteiger partial charge in [0.2, 0.25) is 0 Å². The Morgan fingerprint density at radius 1 is 1.16 bits per heavy atom. The summed E-state index contributed by atoms with van der Waals surface area (Å²) in [5.74, 6) is 0.595. The smallest absolute Gasteiger partial charge is 0.272 e. The lowest BCUT2D eigenvalue weighted by Crippen LogP contribution is -1.92. The Kier molecular flexibility index (Phi) is 3.78. The first-order valence-electron chi connectivity index (χ1n) is 5.14. The van der Waals surface area contributed by atoms with E-state index >= 15 is 0 Å². The molecule has 98 valence electrons. The molecule has 2 rings (SSSR count). The third-order valence-corrected chi connectivity index (χ3v) is 2.83. The summed E-state index contributed by atoms with van der Waals surface area (Å²) in [5.41, 5.74) is 5.94. The monoisotopic (exact) mass is 298 g/mol. The molecule has 0 saturated carbocycles. The zero-order chi connectivity index (χ0) is 14.0. The average molecular weight is 299 g/mol. The minimum Gasteiger partial charge on any atom is -0.454 e. The summed E-state index contributed by atoms with van der Waals surface area (Å²) in [5, 5.41) is 10.8. The first-order valence-corrected chi connectivity index (χ1v) is 5.90. The van der Waals surface area contributed by atoms with Crippen molar-refractivity contribution in [1.29, 1.82) is 0 Å². The molecular weight excluding hydrogens is 291 g/mol. The Morgan fingerprint density at radius 3 is 2.32 bits per heavy atom. The lowest BCUT2D eigenvalue weighted by Gasteiger charge is -2.09. The second-order valence-corrected chi connectivity index (χ2v) is 4.48. The standard InChI is InChI=1S/C12H8Cl2N2O3/c13-10-5-8(16(17)18)6-11(14)12(10)19-9-3-1-2-7(15)4-9/h1-6H,15H2. The maximum Gasteiger partial charge on any atom is 0.272 e. The number of nitro groups is 1. The van der Waals surface area contributed by atoms with Gasteiger partial charge in [0.15, 0.2) is 5.75 Å². The Balaban J connectivity index is 2.38. The summed E-state index contributed by atoms with van der Waals surface area (Å²) in [6, 6.07) is 9.02. The van der Waals surface area contributed by atoms with Crippen LogP contribution in [0.1, 0.15) is 0 Å². The molecule has 0 aromatic heterocycles. The fourth-order valence-corrected chi connectivity index (χ4v) is 2.00. The highest BCUT2D eigenvalue weighted by molar-refractivity contribution is 6.37. The van der Waals surface area contributed by atoms with Crippen molar-refractivity contribution >= 4 is 34.6 Å². The first-order chi connectivity index (χ1) is 8.97. The van der Waals surface area contributed by atoms with E-state index in [9.17, 15) is 10.1 Å². The quantitative estimate of drug-likeness (QED) is 0.521. The molecule has 2 aromatic carbocycles. The van der Waals surface area contributed by atoms with Crippen LogP contribution in [0.25, 0.3) is 0 Å². The van der Waals surface area contributed by atoms with Crippen molar-refractivity contribution < 1.29 is 9.66 Å². The van der Waals surface area contributed by atoms with Gasteiger partial charge in [0.05, 0.1) is 15.0 Å². The van der Waals surface area contributed by atoms with Gasteiger partial charge < -0.3 is 10.5 Å². The predicted molar refractivity (Wildman–Crippen MR) is 74.0 cm³/mol. The maximum absolute atomic E-state index is 10.7. The van der Waals surface area contributed by atoms with Gasteiger partial charge in [0.25, 0.3) is 5.69 Å². The molecule has 0 amide bonds. The number of nitrogen functional groups attached to an aromatic ring is 1. The number of nitrogens with zero attached hydrogens (tertiary/aromatic N) is 1. The molecule has 2 aromatic rings. The van der Waals surface area contributed by atoms with Crippen LogP contribution < -0.4 is 10.5 Å². The highest BCUT2D eigenvalue weighted by Gasteiger charge is 2.16. The summed E-state index contributed by atoms with van der Waals surface area (Å²) in [7, 11) is 0. The van der Waals surface area contributed by atoms with E-state index in [0.717, 1.165) is 0 Å². The van der Waals surface area contributed by atoms with Gasteiger partial charge in [0, 0.05) is 23.9 Å². The zero-order valence-corrected chi connectivity index (χ0v) is 11.0. The SMILES string of the molecule is Nc1cccc(Oc2c(Cl)cc([N+](=O)[O-])cc2Cl)c1. The molecule has 0 saturated heterocycles. The Labute approximate surface area is 118 Å². The van der Waals surface area contributed by atoms with Crippen LogP contribution in [-0.4, -0.2) is 4.92 Å². The fourth-order valence-electron chi connectivity index (χ4n) is 1.45. The molecule has 0 radical (unpaired) electrons. The Bertz CT molecular complexity index is 624. The molecule has 0 spiro atoms. The van der Waals surface area contributed by atoms with Crippen LogP contribution in [0, 0.1) is 10.1 Å². The molecule has 0 unspecified atom stereocenters. The van der Waals surface area contributed by atoms with E-state index in [2.05, 4.69) is 0 Å². The molecule has 0 bridgehead atoms. The molecule has 0 fully saturated rings. The molecule has 2 N–H and O–H groups in total. The van der Waals surface area contributed by atoms with E-state index in [1.54, 1.807) is 24.3 Å². The van der Waals surface area contributed by atoms with Crippen LogP contribution in [-0.2, 0) is 0 Å². The molecular formula is C12H8Cl2N2O3. The Morgan fingerprint density at radius 2 is 1.79 bits per heavy atom. The third-order valence-electron chi connectivity index (χ3n) is 2.27. The van der Waals surface area contributed by atoms with Gasteiger partial charge in [-0.25, -0.2) is 0 Å². The van der Waals surface area contributed by atoms with E-state index in [-0.39, 0.29) is 21.5 Å². The molecule has 0 heterocycles. The molecule has 0 aliphatic rings. The maximum atomic E-state index is 10.7. The molecule has 19 heavy (non-hydrogen) atoms. The number of nitrogens with two attached hydrogens (primary N) is 1. The number of hydrogen-bond acceptors (Lipinski definition) is 4. The number of non-ortho nitro benzene ring substituents is 1. The highest BCUT2D eigenvalue weighted by atomic mass is 35.5. The van der Waals surface area contributed by atoms with Crippen LogP contribution >= 0.6 is 23.2 Å². The summed E-state index contributed by atoms with van der Waals surface area (Å²) in [6.45, 7) is 0. The van der Waals surface area contributed by atoms with E-state index in [4.69, 9.17) is 33.7 Å². The highest BCUT2D eigenvalue weighted by Crippen LogP contribution is 2.39. The van der Waals surface area contributed by atoms with Crippen LogP contribution in [0.4, 0.5) is 11.4 Å². The van der Waals surface area contributed by atoms with Crippen molar-refractivity contribution in [3.63, 3.8) is 0 Å². The number of halogens is 2. The van der Waals surface area contributed by atoms with E-state index in [1.165, 1.54) is 12.1 Å². The minimum atomic E-state index is -0.581. The molecule has 0 atom stereocenters. The number of nitro benzene ring substituents is 1. The van der Waals surface area contributed by atoms with Gasteiger partial charge in [-0.2, -0.15) is 0 Å². The normalized spacial score (nSPS) is 10.2. The van der Waals surface area contributed by atoms with Gasteiger partial charge in [-0.15, -0.1) is 0 Å². The number of ether oxygens (including phenoxy) is 1. The van der Waals surface area contributed by atoms with Gasteiger partial charge in [0.1, 0.15) is 5.75 Å². The van der Waals surface area contributed by atoms with Gasteiger partial charge in [-0.3, -0.25) is 10.1 Å². The van der Waals surface area contributed by atoms with Crippen LogP contribution in [0.3, 0.4) is 0 Å². The largest absolute Gasteiger partial charge is 0.454 e. The van der Waals surface area contributed by atoms with Gasteiger partial charge in [-0.1, -0.05) is 29.3 Å². The Hall–Kier alpha value is -1.98. The molecule has 0 aliphatic heterocycles. The van der Waals surface area contributed by atoms with Crippen molar-refractivity contribution in [3.05, 3.63) is 56.6 Å². The number of benzene rings is 2.